The van der Waals surface area contributed by atoms with E-state index in [1.165, 1.54) is 0 Å². The molecule has 0 aliphatic heterocycles. The van der Waals surface area contributed by atoms with Crippen LogP contribution < -0.4 is 14.8 Å². The average Bonchev–Trinajstić information content (AvgIpc) is 2.31. The highest BCUT2D eigenvalue weighted by Crippen LogP contribution is 2.30. The quantitative estimate of drug-likeness (QED) is 0.796. The maximum atomic E-state index is 5.63. The second-order valence-corrected chi connectivity index (χ2v) is 5.76. The van der Waals surface area contributed by atoms with E-state index in [0.29, 0.717) is 18.6 Å². The Balaban J connectivity index is 2.73. The summed E-state index contributed by atoms with van der Waals surface area (Å²) in [6.45, 7) is 13.0. The van der Waals surface area contributed by atoms with Crippen molar-refractivity contribution in [3.8, 4) is 11.5 Å². The van der Waals surface area contributed by atoms with Crippen LogP contribution >= 0.6 is 0 Å². The number of hydrogen-bond donors (Lipinski definition) is 1. The van der Waals surface area contributed by atoms with E-state index in [4.69, 9.17) is 9.47 Å². The van der Waals surface area contributed by atoms with E-state index in [9.17, 15) is 0 Å². The summed E-state index contributed by atoms with van der Waals surface area (Å²) in [6.07, 6.45) is 1.11. The fourth-order valence-electron chi connectivity index (χ4n) is 1.76. The molecule has 0 aliphatic rings. The average molecular weight is 265 g/mol. The van der Waals surface area contributed by atoms with Gasteiger partial charge in [-0.1, -0.05) is 20.8 Å². The van der Waals surface area contributed by atoms with Gasteiger partial charge in [-0.25, -0.2) is 0 Å². The lowest BCUT2D eigenvalue weighted by Crippen LogP contribution is -2.13. The second kappa shape index (κ2) is 7.27. The molecule has 0 saturated heterocycles. The van der Waals surface area contributed by atoms with Crippen molar-refractivity contribution in [1.82, 2.24) is 0 Å². The highest BCUT2D eigenvalue weighted by atomic mass is 16.5. The van der Waals surface area contributed by atoms with Crippen LogP contribution in [-0.2, 0) is 0 Å². The van der Waals surface area contributed by atoms with Crippen LogP contribution in [0.1, 0.15) is 41.0 Å². The molecule has 0 aliphatic carbocycles. The number of rotatable bonds is 7. The normalized spacial score (nSPS) is 11.2. The SMILES string of the molecule is CCOc1ccc(OCC)c(NCCC(C)(C)C)c1. The minimum Gasteiger partial charge on any atom is -0.494 e. The molecule has 0 fully saturated rings. The van der Waals surface area contributed by atoms with E-state index in [-0.39, 0.29) is 0 Å². The third-order valence-corrected chi connectivity index (χ3v) is 2.75. The van der Waals surface area contributed by atoms with Crippen molar-refractivity contribution in [1.29, 1.82) is 0 Å². The molecule has 0 radical (unpaired) electrons. The number of ether oxygens (including phenoxy) is 2. The van der Waals surface area contributed by atoms with Crippen LogP contribution in [0.4, 0.5) is 5.69 Å². The molecule has 1 rings (SSSR count). The molecule has 3 nitrogen and oxygen atoms in total. The van der Waals surface area contributed by atoms with Crippen LogP contribution in [-0.4, -0.2) is 19.8 Å². The first kappa shape index (κ1) is 15.7. The Bertz CT molecular complexity index is 383. The molecule has 108 valence electrons. The van der Waals surface area contributed by atoms with Crippen molar-refractivity contribution in [3.63, 3.8) is 0 Å². The summed E-state index contributed by atoms with van der Waals surface area (Å²) in [4.78, 5) is 0. The van der Waals surface area contributed by atoms with E-state index in [0.717, 1.165) is 30.2 Å². The summed E-state index contributed by atoms with van der Waals surface area (Å²) in [5.41, 5.74) is 1.34. The zero-order chi connectivity index (χ0) is 14.3. The Hall–Kier alpha value is -1.38. The van der Waals surface area contributed by atoms with Crippen LogP contribution in [0.5, 0.6) is 11.5 Å². The topological polar surface area (TPSA) is 30.5 Å². The number of hydrogen-bond acceptors (Lipinski definition) is 3. The first-order valence-corrected chi connectivity index (χ1v) is 7.09. The Kier molecular flexibility index (Phi) is 6.00. The van der Waals surface area contributed by atoms with E-state index < -0.39 is 0 Å². The summed E-state index contributed by atoms with van der Waals surface area (Å²) < 4.78 is 11.2. The molecule has 0 heterocycles. The minimum absolute atomic E-state index is 0.330. The largest absolute Gasteiger partial charge is 0.494 e. The predicted molar refractivity (Wildman–Crippen MR) is 81.3 cm³/mol. The van der Waals surface area contributed by atoms with E-state index >= 15 is 0 Å². The molecule has 1 N–H and O–H groups in total. The lowest BCUT2D eigenvalue weighted by atomic mass is 9.92. The summed E-state index contributed by atoms with van der Waals surface area (Å²) in [5, 5.41) is 3.45. The summed E-state index contributed by atoms with van der Waals surface area (Å²) in [6, 6.07) is 5.93. The van der Waals surface area contributed by atoms with Crippen molar-refractivity contribution in [2.45, 2.75) is 41.0 Å². The van der Waals surface area contributed by atoms with Crippen molar-refractivity contribution in [2.24, 2.45) is 5.41 Å². The van der Waals surface area contributed by atoms with Gasteiger partial charge in [-0.15, -0.1) is 0 Å². The Morgan fingerprint density at radius 2 is 1.74 bits per heavy atom. The zero-order valence-corrected chi connectivity index (χ0v) is 12.9. The van der Waals surface area contributed by atoms with Gasteiger partial charge in [0.1, 0.15) is 11.5 Å². The van der Waals surface area contributed by atoms with Gasteiger partial charge in [0.15, 0.2) is 0 Å². The molecule has 0 atom stereocenters. The summed E-state index contributed by atoms with van der Waals surface area (Å²) in [7, 11) is 0. The van der Waals surface area contributed by atoms with Gasteiger partial charge >= 0.3 is 0 Å². The van der Waals surface area contributed by atoms with Gasteiger partial charge in [-0.05, 0) is 37.8 Å². The van der Waals surface area contributed by atoms with Gasteiger partial charge in [0.2, 0.25) is 0 Å². The molecule has 0 aromatic heterocycles. The Labute approximate surface area is 117 Å². The fourth-order valence-corrected chi connectivity index (χ4v) is 1.76. The highest BCUT2D eigenvalue weighted by Gasteiger charge is 2.11. The van der Waals surface area contributed by atoms with Gasteiger partial charge in [0.05, 0.1) is 18.9 Å². The molecule has 1 aromatic rings. The first-order chi connectivity index (χ1) is 8.96. The minimum atomic E-state index is 0.330. The van der Waals surface area contributed by atoms with Crippen LogP contribution in [0.25, 0.3) is 0 Å². The third kappa shape index (κ3) is 5.86. The van der Waals surface area contributed by atoms with Crippen LogP contribution in [0.2, 0.25) is 0 Å². The van der Waals surface area contributed by atoms with Gasteiger partial charge in [0, 0.05) is 12.6 Å². The van der Waals surface area contributed by atoms with Gasteiger partial charge in [-0.2, -0.15) is 0 Å². The van der Waals surface area contributed by atoms with E-state index in [1.54, 1.807) is 0 Å². The third-order valence-electron chi connectivity index (χ3n) is 2.75. The van der Waals surface area contributed by atoms with E-state index in [2.05, 4.69) is 26.1 Å². The molecule has 0 amide bonds. The zero-order valence-electron chi connectivity index (χ0n) is 12.9. The summed E-state index contributed by atoms with van der Waals surface area (Å²) in [5.74, 6) is 1.77. The fraction of sp³-hybridized carbons (Fsp3) is 0.625. The van der Waals surface area contributed by atoms with Gasteiger partial charge in [-0.3, -0.25) is 0 Å². The monoisotopic (exact) mass is 265 g/mol. The Morgan fingerprint density at radius 3 is 2.32 bits per heavy atom. The molecular formula is C16H27NO2. The van der Waals surface area contributed by atoms with Crippen molar-refractivity contribution in [3.05, 3.63) is 18.2 Å². The maximum Gasteiger partial charge on any atom is 0.142 e. The molecule has 0 saturated carbocycles. The molecule has 1 aromatic carbocycles. The van der Waals surface area contributed by atoms with Crippen molar-refractivity contribution in [2.75, 3.05) is 25.1 Å². The number of nitrogens with one attached hydrogen (secondary N) is 1. The smallest absolute Gasteiger partial charge is 0.142 e. The van der Waals surface area contributed by atoms with Crippen LogP contribution in [0.15, 0.2) is 18.2 Å². The second-order valence-electron chi connectivity index (χ2n) is 5.76. The lowest BCUT2D eigenvalue weighted by molar-refractivity contribution is 0.331. The molecule has 3 heteroatoms. The summed E-state index contributed by atoms with van der Waals surface area (Å²) >= 11 is 0. The molecule has 0 spiro atoms. The molecular weight excluding hydrogens is 238 g/mol. The van der Waals surface area contributed by atoms with Gasteiger partial charge in [0.25, 0.3) is 0 Å². The standard InChI is InChI=1S/C16H27NO2/c1-6-18-13-8-9-15(19-7-2)14(12-13)17-11-10-16(3,4)5/h8-9,12,17H,6-7,10-11H2,1-5H3. The maximum absolute atomic E-state index is 5.63. The van der Waals surface area contributed by atoms with Crippen LogP contribution in [0.3, 0.4) is 0 Å². The van der Waals surface area contributed by atoms with Gasteiger partial charge < -0.3 is 14.8 Å². The van der Waals surface area contributed by atoms with E-state index in [1.807, 2.05) is 32.0 Å². The molecule has 0 bridgehead atoms. The molecule has 0 unspecified atom stereocenters. The van der Waals surface area contributed by atoms with Crippen molar-refractivity contribution < 1.29 is 9.47 Å². The van der Waals surface area contributed by atoms with Crippen molar-refractivity contribution >= 4 is 5.69 Å². The highest BCUT2D eigenvalue weighted by molar-refractivity contribution is 5.59. The number of anilines is 1. The number of benzene rings is 1. The van der Waals surface area contributed by atoms with Crippen LogP contribution in [0, 0.1) is 5.41 Å². The predicted octanol–water partition coefficient (Wildman–Crippen LogP) is 4.33. The Morgan fingerprint density at radius 1 is 1.05 bits per heavy atom. The lowest BCUT2D eigenvalue weighted by Gasteiger charge is -2.20. The molecule has 19 heavy (non-hydrogen) atoms. The first-order valence-electron chi connectivity index (χ1n) is 7.09.